The molecule has 3 aromatic rings. The summed E-state index contributed by atoms with van der Waals surface area (Å²) in [5, 5.41) is 0.674. The third-order valence-electron chi connectivity index (χ3n) is 3.28. The quantitative estimate of drug-likeness (QED) is 0.703. The van der Waals surface area contributed by atoms with Gasteiger partial charge >= 0.3 is 0 Å². The number of amides is 2. The van der Waals surface area contributed by atoms with Crippen molar-refractivity contribution < 1.29 is 9.59 Å². The number of halogens is 2. The van der Waals surface area contributed by atoms with Gasteiger partial charge in [-0.3, -0.25) is 20.4 Å². The second-order valence-electron chi connectivity index (χ2n) is 5.02. The fourth-order valence-corrected chi connectivity index (χ4v) is 2.74. The number of nitrogens with one attached hydrogen (secondary N) is 2. The predicted octanol–water partition coefficient (Wildman–Crippen LogP) is 2.80. The zero-order valence-electron chi connectivity index (χ0n) is 12.3. The first-order chi connectivity index (χ1) is 11.5. The lowest BCUT2D eigenvalue weighted by molar-refractivity contribution is -0.122. The lowest BCUT2D eigenvalue weighted by Crippen LogP contribution is -2.43. The lowest BCUT2D eigenvalue weighted by atomic mass is 10.2. The molecule has 0 aliphatic rings. The number of nitrogens with zero attached hydrogens (tertiary/aromatic N) is 2. The number of rotatable bonds is 3. The van der Waals surface area contributed by atoms with Gasteiger partial charge in [-0.25, -0.2) is 4.98 Å². The van der Waals surface area contributed by atoms with E-state index in [1.165, 1.54) is 18.2 Å². The van der Waals surface area contributed by atoms with Crippen LogP contribution in [0.15, 0.2) is 48.8 Å². The highest BCUT2D eigenvalue weighted by Crippen LogP contribution is 2.18. The first-order valence-electron chi connectivity index (χ1n) is 6.98. The summed E-state index contributed by atoms with van der Waals surface area (Å²) in [4.78, 5) is 28.2. The second-order valence-corrected chi connectivity index (χ2v) is 5.89. The maximum atomic E-state index is 12.0. The summed E-state index contributed by atoms with van der Waals surface area (Å²) in [5.41, 5.74) is 6.55. The van der Waals surface area contributed by atoms with Gasteiger partial charge in [-0.05, 0) is 30.3 Å². The van der Waals surface area contributed by atoms with Crippen molar-refractivity contribution in [1.29, 1.82) is 0 Å². The average Bonchev–Trinajstić information content (AvgIpc) is 2.95. The maximum absolute atomic E-state index is 12.0. The van der Waals surface area contributed by atoms with Gasteiger partial charge in [0, 0.05) is 15.6 Å². The zero-order chi connectivity index (χ0) is 17.1. The van der Waals surface area contributed by atoms with Gasteiger partial charge in [0.25, 0.3) is 11.8 Å². The Morgan fingerprint density at radius 1 is 1.04 bits per heavy atom. The number of aromatic nitrogens is 2. The van der Waals surface area contributed by atoms with E-state index in [0.29, 0.717) is 10.0 Å². The van der Waals surface area contributed by atoms with Crippen molar-refractivity contribution in [2.75, 3.05) is 0 Å². The summed E-state index contributed by atoms with van der Waals surface area (Å²) in [6.07, 6.45) is 1.57. The normalized spacial score (nSPS) is 10.6. The minimum absolute atomic E-state index is 0.0249. The smallest absolute Gasteiger partial charge is 0.269 e. The van der Waals surface area contributed by atoms with E-state index in [-0.39, 0.29) is 18.0 Å². The van der Waals surface area contributed by atoms with E-state index in [4.69, 9.17) is 23.2 Å². The Morgan fingerprint density at radius 3 is 2.50 bits per heavy atom. The van der Waals surface area contributed by atoms with Crippen LogP contribution in [0.2, 0.25) is 10.0 Å². The molecule has 3 rings (SSSR count). The highest BCUT2D eigenvalue weighted by Gasteiger charge is 2.11. The van der Waals surface area contributed by atoms with E-state index in [1.807, 2.05) is 24.3 Å². The van der Waals surface area contributed by atoms with Crippen LogP contribution in [0, 0.1) is 0 Å². The molecule has 1 heterocycles. The molecule has 0 bridgehead atoms. The largest absolute Gasteiger partial charge is 0.321 e. The fourth-order valence-electron chi connectivity index (χ4n) is 2.21. The van der Waals surface area contributed by atoms with Gasteiger partial charge < -0.3 is 4.57 Å². The summed E-state index contributed by atoms with van der Waals surface area (Å²) in [5.74, 6) is -0.900. The number of carbonyl (C=O) groups is 2. The number of hydrogen-bond donors (Lipinski definition) is 2. The number of para-hydroxylation sites is 2. The van der Waals surface area contributed by atoms with Crippen LogP contribution >= 0.6 is 23.2 Å². The molecule has 0 radical (unpaired) electrons. The molecular weight excluding hydrogens is 351 g/mol. The molecule has 2 amide bonds. The van der Waals surface area contributed by atoms with Gasteiger partial charge in [0.05, 0.1) is 17.4 Å². The van der Waals surface area contributed by atoms with E-state index in [2.05, 4.69) is 15.8 Å². The Bertz CT molecular complexity index is 903. The number of imidazole rings is 1. The highest BCUT2D eigenvalue weighted by atomic mass is 35.5. The molecule has 0 atom stereocenters. The van der Waals surface area contributed by atoms with E-state index in [9.17, 15) is 9.59 Å². The van der Waals surface area contributed by atoms with Crippen LogP contribution in [0.1, 0.15) is 10.4 Å². The number of benzene rings is 2. The molecule has 2 N–H and O–H groups in total. The van der Waals surface area contributed by atoms with Crippen molar-refractivity contribution in [3.8, 4) is 0 Å². The molecule has 0 unspecified atom stereocenters. The van der Waals surface area contributed by atoms with Gasteiger partial charge in [-0.15, -0.1) is 0 Å². The third kappa shape index (κ3) is 3.67. The van der Waals surface area contributed by atoms with E-state index >= 15 is 0 Å². The van der Waals surface area contributed by atoms with Crippen LogP contribution < -0.4 is 10.9 Å². The van der Waals surface area contributed by atoms with Crippen molar-refractivity contribution in [3.05, 3.63) is 64.4 Å². The van der Waals surface area contributed by atoms with Gasteiger partial charge in [0.2, 0.25) is 0 Å². The summed E-state index contributed by atoms with van der Waals surface area (Å²) in [7, 11) is 0. The van der Waals surface area contributed by atoms with Crippen LogP contribution in [-0.2, 0) is 11.3 Å². The van der Waals surface area contributed by atoms with Crippen LogP contribution in [0.5, 0.6) is 0 Å². The Labute approximate surface area is 147 Å². The number of hydrogen-bond acceptors (Lipinski definition) is 3. The standard InChI is InChI=1S/C16H12Cl2N4O2/c17-11-5-10(6-12(18)7-11)16(24)21-20-15(23)8-22-9-19-13-3-1-2-4-14(13)22/h1-7,9H,8H2,(H,20,23)(H,21,24). The minimum atomic E-state index is -0.511. The summed E-state index contributed by atoms with van der Waals surface area (Å²) in [6, 6.07) is 11.9. The predicted molar refractivity (Wildman–Crippen MR) is 91.8 cm³/mol. The third-order valence-corrected chi connectivity index (χ3v) is 3.72. The fraction of sp³-hybridized carbons (Fsp3) is 0.0625. The van der Waals surface area contributed by atoms with Crippen molar-refractivity contribution in [2.24, 2.45) is 0 Å². The molecule has 24 heavy (non-hydrogen) atoms. The molecular formula is C16H12Cl2N4O2. The molecule has 0 fully saturated rings. The molecule has 0 saturated heterocycles. The highest BCUT2D eigenvalue weighted by molar-refractivity contribution is 6.35. The summed E-state index contributed by atoms with van der Waals surface area (Å²) < 4.78 is 1.69. The van der Waals surface area contributed by atoms with Gasteiger partial charge in [0.15, 0.2) is 0 Å². The molecule has 0 saturated carbocycles. The lowest BCUT2D eigenvalue weighted by Gasteiger charge is -2.09. The average molecular weight is 363 g/mol. The number of hydrazine groups is 1. The molecule has 1 aromatic heterocycles. The van der Waals surface area contributed by atoms with Crippen molar-refractivity contribution in [3.63, 3.8) is 0 Å². The maximum Gasteiger partial charge on any atom is 0.269 e. The Kier molecular flexibility index (Phi) is 4.69. The van der Waals surface area contributed by atoms with E-state index in [1.54, 1.807) is 10.9 Å². The summed E-state index contributed by atoms with van der Waals surface area (Å²) >= 11 is 11.7. The Morgan fingerprint density at radius 2 is 1.75 bits per heavy atom. The van der Waals surface area contributed by atoms with Crippen LogP contribution in [0.25, 0.3) is 11.0 Å². The summed E-state index contributed by atoms with van der Waals surface area (Å²) in [6.45, 7) is 0.0249. The SMILES string of the molecule is O=C(Cn1cnc2ccccc21)NNC(=O)c1cc(Cl)cc(Cl)c1. The second kappa shape index (κ2) is 6.90. The van der Waals surface area contributed by atoms with E-state index in [0.717, 1.165) is 11.0 Å². The van der Waals surface area contributed by atoms with Crippen molar-refractivity contribution >= 4 is 46.0 Å². The van der Waals surface area contributed by atoms with Gasteiger partial charge in [0.1, 0.15) is 6.54 Å². The van der Waals surface area contributed by atoms with Gasteiger partial charge in [-0.2, -0.15) is 0 Å². The van der Waals surface area contributed by atoms with E-state index < -0.39 is 5.91 Å². The van der Waals surface area contributed by atoms with Crippen LogP contribution in [-0.4, -0.2) is 21.4 Å². The van der Waals surface area contributed by atoms with Crippen LogP contribution in [0.3, 0.4) is 0 Å². The first-order valence-corrected chi connectivity index (χ1v) is 7.73. The zero-order valence-corrected chi connectivity index (χ0v) is 13.8. The molecule has 0 spiro atoms. The molecule has 8 heteroatoms. The molecule has 0 aliphatic carbocycles. The molecule has 0 aliphatic heterocycles. The topological polar surface area (TPSA) is 76.0 Å². The van der Waals surface area contributed by atoms with Crippen molar-refractivity contribution in [2.45, 2.75) is 6.54 Å². The molecule has 6 nitrogen and oxygen atoms in total. The minimum Gasteiger partial charge on any atom is -0.321 e. The Balaban J connectivity index is 1.62. The molecule has 2 aromatic carbocycles. The molecule has 122 valence electrons. The van der Waals surface area contributed by atoms with Crippen molar-refractivity contribution in [1.82, 2.24) is 20.4 Å². The van der Waals surface area contributed by atoms with Gasteiger partial charge in [-0.1, -0.05) is 35.3 Å². The number of fused-ring (bicyclic) bond motifs is 1. The monoisotopic (exact) mass is 362 g/mol. The Hall–Kier alpha value is -2.57. The van der Waals surface area contributed by atoms with Crippen LogP contribution in [0.4, 0.5) is 0 Å². The first kappa shape index (κ1) is 16.3. The number of carbonyl (C=O) groups excluding carboxylic acids is 2.